The van der Waals surface area contributed by atoms with Crippen molar-refractivity contribution in [2.45, 2.75) is 54.8 Å². The molecule has 2 aromatic rings. The molecule has 1 unspecified atom stereocenters. The standard InChI is InChI=1S/C27H35N3O4S/c1-34-27(32)25(21-5-3-2-4-6-21)29-17-19-9-7-18(8-10-19)15-28-16-20-11-12-22-14-24(26(31)30-33)35-23(22)13-20/h2-6,11-13,18-19,24-25,28-29,33H,7-10,14-17H2,1H3,(H,30,31)/t18?,19?,24?,25-/m0/s1. The van der Waals surface area contributed by atoms with Crippen molar-refractivity contribution in [3.63, 3.8) is 0 Å². The number of rotatable bonds is 10. The van der Waals surface area contributed by atoms with Crippen molar-refractivity contribution < 1.29 is 19.5 Å². The average molecular weight is 498 g/mol. The molecule has 1 saturated carbocycles. The largest absolute Gasteiger partial charge is 0.468 e. The van der Waals surface area contributed by atoms with E-state index in [0.717, 1.165) is 42.9 Å². The Morgan fingerprint density at radius 3 is 2.46 bits per heavy atom. The van der Waals surface area contributed by atoms with Crippen LogP contribution in [-0.2, 0) is 27.3 Å². The van der Waals surface area contributed by atoms with Crippen LogP contribution in [0.2, 0.25) is 0 Å². The lowest BCUT2D eigenvalue weighted by atomic mass is 9.81. The Bertz CT molecular complexity index is 995. The second-order valence-electron chi connectivity index (χ2n) is 9.52. The van der Waals surface area contributed by atoms with Crippen molar-refractivity contribution in [3.05, 3.63) is 65.2 Å². The summed E-state index contributed by atoms with van der Waals surface area (Å²) in [4.78, 5) is 25.1. The minimum atomic E-state index is -0.417. The molecular weight excluding hydrogens is 462 g/mol. The van der Waals surface area contributed by atoms with Crippen LogP contribution in [0, 0.1) is 11.8 Å². The molecule has 1 amide bonds. The molecule has 1 fully saturated rings. The zero-order valence-corrected chi connectivity index (χ0v) is 21.0. The van der Waals surface area contributed by atoms with Gasteiger partial charge in [0.1, 0.15) is 6.04 Å². The van der Waals surface area contributed by atoms with Gasteiger partial charge in [-0.05, 0) is 79.8 Å². The lowest BCUT2D eigenvalue weighted by Crippen LogP contribution is -2.35. The number of esters is 1. The van der Waals surface area contributed by atoms with Gasteiger partial charge >= 0.3 is 5.97 Å². The second kappa shape index (κ2) is 12.5. The van der Waals surface area contributed by atoms with E-state index in [9.17, 15) is 9.59 Å². The first-order valence-corrected chi connectivity index (χ1v) is 13.2. The minimum absolute atomic E-state index is 0.244. The van der Waals surface area contributed by atoms with Gasteiger partial charge in [0.05, 0.1) is 12.4 Å². The smallest absolute Gasteiger partial charge is 0.327 e. The van der Waals surface area contributed by atoms with Gasteiger partial charge in [0.2, 0.25) is 0 Å². The molecule has 35 heavy (non-hydrogen) atoms. The summed E-state index contributed by atoms with van der Waals surface area (Å²) in [5, 5.41) is 15.7. The number of hydrogen-bond donors (Lipinski definition) is 4. The predicted molar refractivity (Wildman–Crippen MR) is 136 cm³/mol. The number of thioether (sulfide) groups is 1. The molecule has 188 valence electrons. The average Bonchev–Trinajstić information content (AvgIpc) is 3.33. The van der Waals surface area contributed by atoms with Crippen molar-refractivity contribution in [2.24, 2.45) is 11.8 Å². The van der Waals surface area contributed by atoms with E-state index in [1.165, 1.54) is 42.8 Å². The number of hydroxylamine groups is 1. The van der Waals surface area contributed by atoms with E-state index in [-0.39, 0.29) is 17.1 Å². The molecule has 0 radical (unpaired) electrons. The zero-order chi connectivity index (χ0) is 24.6. The molecule has 0 bridgehead atoms. The molecule has 2 aliphatic rings. The number of amides is 1. The van der Waals surface area contributed by atoms with Crippen molar-refractivity contribution in [2.75, 3.05) is 20.2 Å². The summed E-state index contributed by atoms with van der Waals surface area (Å²) in [6.07, 6.45) is 5.35. The minimum Gasteiger partial charge on any atom is -0.468 e. The molecule has 8 heteroatoms. The van der Waals surface area contributed by atoms with Gasteiger partial charge in [-0.2, -0.15) is 0 Å². The van der Waals surface area contributed by atoms with Crippen LogP contribution >= 0.6 is 11.8 Å². The quantitative estimate of drug-likeness (QED) is 0.226. The van der Waals surface area contributed by atoms with Gasteiger partial charge in [-0.25, -0.2) is 10.3 Å². The fraction of sp³-hybridized carbons (Fsp3) is 0.481. The molecule has 2 atom stereocenters. The van der Waals surface area contributed by atoms with E-state index in [1.54, 1.807) is 5.48 Å². The third-order valence-corrected chi connectivity index (χ3v) is 8.42. The molecule has 0 aromatic heterocycles. The predicted octanol–water partition coefficient (Wildman–Crippen LogP) is 3.61. The van der Waals surface area contributed by atoms with Crippen LogP contribution in [0.1, 0.15) is 48.4 Å². The summed E-state index contributed by atoms with van der Waals surface area (Å²) < 4.78 is 5.01. The Labute approximate surface area is 211 Å². The third kappa shape index (κ3) is 6.85. The molecule has 1 aliphatic carbocycles. The SMILES string of the molecule is COC(=O)[C@@H](NCC1CCC(CNCc2ccc3c(c2)SC(C(=O)NO)C3)CC1)c1ccccc1. The summed E-state index contributed by atoms with van der Waals surface area (Å²) in [6, 6.07) is 15.7. The van der Waals surface area contributed by atoms with E-state index in [1.807, 2.05) is 30.3 Å². The highest BCUT2D eigenvalue weighted by molar-refractivity contribution is 8.01. The number of hydrogen-bond acceptors (Lipinski definition) is 7. The topological polar surface area (TPSA) is 99.7 Å². The van der Waals surface area contributed by atoms with Crippen LogP contribution in [-0.4, -0.2) is 42.5 Å². The van der Waals surface area contributed by atoms with Gasteiger partial charge in [-0.3, -0.25) is 10.0 Å². The number of methoxy groups -OCH3 is 1. The van der Waals surface area contributed by atoms with Crippen LogP contribution in [0.15, 0.2) is 53.4 Å². The Balaban J connectivity index is 1.17. The van der Waals surface area contributed by atoms with E-state index in [0.29, 0.717) is 18.3 Å². The fourth-order valence-corrected chi connectivity index (χ4v) is 6.30. The maximum Gasteiger partial charge on any atom is 0.327 e. The van der Waals surface area contributed by atoms with Crippen molar-refractivity contribution in [3.8, 4) is 0 Å². The van der Waals surface area contributed by atoms with Gasteiger partial charge in [0, 0.05) is 11.4 Å². The summed E-state index contributed by atoms with van der Waals surface area (Å²) in [7, 11) is 1.44. The number of fused-ring (bicyclic) bond motifs is 1. The van der Waals surface area contributed by atoms with E-state index in [4.69, 9.17) is 9.94 Å². The monoisotopic (exact) mass is 497 g/mol. The normalized spacial score (nSPS) is 22.3. The number of carbonyl (C=O) groups is 2. The van der Waals surface area contributed by atoms with Crippen LogP contribution < -0.4 is 16.1 Å². The number of benzene rings is 2. The maximum absolute atomic E-state index is 12.3. The second-order valence-corrected chi connectivity index (χ2v) is 10.8. The van der Waals surface area contributed by atoms with E-state index >= 15 is 0 Å². The summed E-state index contributed by atoms with van der Waals surface area (Å²) in [5.74, 6) is 0.655. The highest BCUT2D eigenvalue weighted by Crippen LogP contribution is 2.37. The van der Waals surface area contributed by atoms with Gasteiger partial charge in [0.15, 0.2) is 0 Å². The number of carbonyl (C=O) groups excluding carboxylic acids is 2. The summed E-state index contributed by atoms with van der Waals surface area (Å²) in [6.45, 7) is 2.62. The zero-order valence-electron chi connectivity index (χ0n) is 20.2. The first-order chi connectivity index (χ1) is 17.1. The summed E-state index contributed by atoms with van der Waals surface area (Å²) in [5.41, 5.74) is 5.09. The maximum atomic E-state index is 12.3. The van der Waals surface area contributed by atoms with Crippen molar-refractivity contribution in [1.29, 1.82) is 0 Å². The molecule has 2 aromatic carbocycles. The lowest BCUT2D eigenvalue weighted by Gasteiger charge is -2.30. The van der Waals surface area contributed by atoms with E-state index in [2.05, 4.69) is 28.8 Å². The van der Waals surface area contributed by atoms with Crippen molar-refractivity contribution in [1.82, 2.24) is 16.1 Å². The molecule has 7 nitrogen and oxygen atoms in total. The Hall–Kier alpha value is -2.39. The van der Waals surface area contributed by atoms with Gasteiger partial charge in [0.25, 0.3) is 5.91 Å². The first kappa shape index (κ1) is 25.7. The molecule has 0 spiro atoms. The Kier molecular flexibility index (Phi) is 9.20. The van der Waals surface area contributed by atoms with Crippen LogP contribution in [0.5, 0.6) is 0 Å². The van der Waals surface area contributed by atoms with Crippen LogP contribution in [0.3, 0.4) is 0 Å². The number of nitrogens with one attached hydrogen (secondary N) is 3. The molecule has 1 aliphatic heterocycles. The fourth-order valence-electron chi connectivity index (χ4n) is 5.05. The van der Waals surface area contributed by atoms with Gasteiger partial charge < -0.3 is 15.4 Å². The van der Waals surface area contributed by atoms with Crippen LogP contribution in [0.4, 0.5) is 0 Å². The molecule has 1 heterocycles. The molecule has 4 rings (SSSR count). The molecular formula is C27H35N3O4S. The summed E-state index contributed by atoms with van der Waals surface area (Å²) >= 11 is 1.52. The third-order valence-electron chi connectivity index (χ3n) is 7.12. The Morgan fingerprint density at radius 1 is 1.06 bits per heavy atom. The lowest BCUT2D eigenvalue weighted by molar-refractivity contribution is -0.143. The van der Waals surface area contributed by atoms with Gasteiger partial charge in [-0.15, -0.1) is 11.8 Å². The highest BCUT2D eigenvalue weighted by Gasteiger charge is 2.28. The van der Waals surface area contributed by atoms with Crippen LogP contribution in [0.25, 0.3) is 0 Å². The highest BCUT2D eigenvalue weighted by atomic mass is 32.2. The molecule has 0 saturated heterocycles. The first-order valence-electron chi connectivity index (χ1n) is 12.4. The van der Waals surface area contributed by atoms with E-state index < -0.39 is 6.04 Å². The Morgan fingerprint density at radius 2 is 1.77 bits per heavy atom. The van der Waals surface area contributed by atoms with Gasteiger partial charge in [-0.1, -0.05) is 42.5 Å². The number of ether oxygens (including phenoxy) is 1. The van der Waals surface area contributed by atoms with Crippen molar-refractivity contribution >= 4 is 23.6 Å². The molecule has 4 N–H and O–H groups in total.